The lowest BCUT2D eigenvalue weighted by Crippen LogP contribution is -2.14. The first-order chi connectivity index (χ1) is 14.5. The largest absolute Gasteiger partial charge is 0.322 e. The highest BCUT2D eigenvalue weighted by Crippen LogP contribution is 2.29. The lowest BCUT2D eigenvalue weighted by molar-refractivity contribution is -0.385. The fraction of sp³-hybridized carbons (Fsp3) is 0.0455. The summed E-state index contributed by atoms with van der Waals surface area (Å²) in [4.78, 5) is 32.3. The number of nitro benzene ring substituents is 1. The van der Waals surface area contributed by atoms with Gasteiger partial charge in [-0.3, -0.25) is 19.9 Å². The quantitative estimate of drug-likeness (QED) is 0.350. The zero-order chi connectivity index (χ0) is 21.1. The Labute approximate surface area is 176 Å². The van der Waals surface area contributed by atoms with Crippen molar-refractivity contribution in [2.75, 3.05) is 5.32 Å². The summed E-state index contributed by atoms with van der Waals surface area (Å²) >= 11 is 1.50. The maximum absolute atomic E-state index is 12.7. The Morgan fingerprint density at radius 1 is 1.07 bits per heavy atom. The first-order valence-corrected chi connectivity index (χ1v) is 9.93. The number of aromatic nitrogens is 2. The molecule has 2 aromatic carbocycles. The number of nitro groups is 1. The maximum atomic E-state index is 12.7. The molecule has 0 unspecified atom stereocenters. The Kier molecular flexibility index (Phi) is 5.32. The number of rotatable bonds is 5. The van der Waals surface area contributed by atoms with Crippen molar-refractivity contribution < 1.29 is 9.72 Å². The van der Waals surface area contributed by atoms with Gasteiger partial charge in [-0.2, -0.15) is 0 Å². The number of anilines is 1. The first-order valence-electron chi connectivity index (χ1n) is 9.05. The number of nitrogens with zero attached hydrogens (tertiary/aromatic N) is 3. The molecule has 0 fully saturated rings. The lowest BCUT2D eigenvalue weighted by atomic mass is 10.1. The van der Waals surface area contributed by atoms with Gasteiger partial charge in [-0.25, -0.2) is 4.98 Å². The molecule has 2 heterocycles. The summed E-state index contributed by atoms with van der Waals surface area (Å²) in [6.45, 7) is 1.57. The second-order valence-corrected chi connectivity index (χ2v) is 7.35. The molecule has 0 spiro atoms. The summed E-state index contributed by atoms with van der Waals surface area (Å²) in [7, 11) is 0. The van der Waals surface area contributed by atoms with Crippen molar-refractivity contribution >= 4 is 28.6 Å². The van der Waals surface area contributed by atoms with Gasteiger partial charge in [0.15, 0.2) is 0 Å². The van der Waals surface area contributed by atoms with E-state index in [-0.39, 0.29) is 11.3 Å². The minimum atomic E-state index is -0.492. The molecular weight excluding hydrogens is 400 g/mol. The van der Waals surface area contributed by atoms with Gasteiger partial charge in [-0.15, -0.1) is 11.3 Å². The highest BCUT2D eigenvalue weighted by molar-refractivity contribution is 7.13. The van der Waals surface area contributed by atoms with Crippen LogP contribution >= 0.6 is 11.3 Å². The second-order valence-electron chi connectivity index (χ2n) is 6.49. The van der Waals surface area contributed by atoms with Crippen molar-refractivity contribution in [2.24, 2.45) is 0 Å². The number of hydrogen-bond acceptors (Lipinski definition) is 6. The van der Waals surface area contributed by atoms with E-state index in [1.807, 2.05) is 41.8 Å². The zero-order valence-electron chi connectivity index (χ0n) is 15.9. The van der Waals surface area contributed by atoms with E-state index < -0.39 is 10.8 Å². The van der Waals surface area contributed by atoms with Gasteiger partial charge in [0.2, 0.25) is 0 Å². The average molecular weight is 416 g/mol. The Morgan fingerprint density at radius 3 is 2.67 bits per heavy atom. The first kappa shape index (κ1) is 19.4. The van der Waals surface area contributed by atoms with Crippen LogP contribution in [0.15, 0.2) is 72.2 Å². The minimum absolute atomic E-state index is 0.0825. The number of thiazole rings is 1. The van der Waals surface area contributed by atoms with E-state index in [1.54, 1.807) is 25.3 Å². The van der Waals surface area contributed by atoms with Gasteiger partial charge in [0, 0.05) is 40.0 Å². The summed E-state index contributed by atoms with van der Waals surface area (Å²) < 4.78 is 0. The topological polar surface area (TPSA) is 98.0 Å². The summed E-state index contributed by atoms with van der Waals surface area (Å²) in [6.07, 6.45) is 1.72. The van der Waals surface area contributed by atoms with Crippen molar-refractivity contribution in [1.29, 1.82) is 0 Å². The molecule has 4 rings (SSSR count). The Morgan fingerprint density at radius 2 is 1.90 bits per heavy atom. The van der Waals surface area contributed by atoms with Crippen molar-refractivity contribution in [3.63, 3.8) is 0 Å². The highest BCUT2D eigenvalue weighted by Gasteiger charge is 2.18. The fourth-order valence-electron chi connectivity index (χ4n) is 3.04. The van der Waals surface area contributed by atoms with Crippen LogP contribution in [0.5, 0.6) is 0 Å². The van der Waals surface area contributed by atoms with Gasteiger partial charge in [0.1, 0.15) is 5.01 Å². The van der Waals surface area contributed by atoms with E-state index >= 15 is 0 Å². The molecule has 0 radical (unpaired) electrons. The van der Waals surface area contributed by atoms with Crippen LogP contribution in [0.4, 0.5) is 11.4 Å². The second kappa shape index (κ2) is 8.22. The van der Waals surface area contributed by atoms with Gasteiger partial charge < -0.3 is 5.32 Å². The maximum Gasteiger partial charge on any atom is 0.273 e. The Bertz CT molecular complexity index is 1240. The molecule has 0 saturated carbocycles. The molecule has 0 bridgehead atoms. The third-order valence-electron chi connectivity index (χ3n) is 4.55. The van der Waals surface area contributed by atoms with Crippen molar-refractivity contribution in [3.8, 4) is 22.0 Å². The van der Waals surface area contributed by atoms with Gasteiger partial charge >= 0.3 is 0 Å². The number of carbonyl (C=O) groups is 1. The highest BCUT2D eigenvalue weighted by atomic mass is 32.1. The average Bonchev–Trinajstić information content (AvgIpc) is 3.25. The molecule has 4 aromatic rings. The van der Waals surface area contributed by atoms with E-state index in [9.17, 15) is 14.9 Å². The summed E-state index contributed by atoms with van der Waals surface area (Å²) in [6, 6.07) is 17.4. The van der Waals surface area contributed by atoms with Crippen LogP contribution in [0.3, 0.4) is 0 Å². The lowest BCUT2D eigenvalue weighted by Gasteiger charge is -2.09. The number of carbonyl (C=O) groups excluding carboxylic acids is 1. The van der Waals surface area contributed by atoms with E-state index in [2.05, 4.69) is 15.3 Å². The predicted molar refractivity (Wildman–Crippen MR) is 117 cm³/mol. The van der Waals surface area contributed by atoms with Crippen molar-refractivity contribution in [3.05, 3.63) is 93.5 Å². The molecule has 0 saturated heterocycles. The van der Waals surface area contributed by atoms with Crippen LogP contribution in [0.1, 0.15) is 15.9 Å². The monoisotopic (exact) mass is 416 g/mol. The molecular formula is C22H16N4O3S. The number of benzene rings is 2. The van der Waals surface area contributed by atoms with E-state index in [0.29, 0.717) is 11.3 Å². The smallest absolute Gasteiger partial charge is 0.273 e. The third kappa shape index (κ3) is 3.94. The van der Waals surface area contributed by atoms with Crippen LogP contribution in [0.2, 0.25) is 0 Å². The molecule has 1 amide bonds. The molecule has 8 heteroatoms. The molecule has 30 heavy (non-hydrogen) atoms. The minimum Gasteiger partial charge on any atom is -0.322 e. The summed E-state index contributed by atoms with van der Waals surface area (Å²) in [5.41, 5.74) is 3.53. The number of pyridine rings is 1. The summed E-state index contributed by atoms with van der Waals surface area (Å²) in [5, 5.41) is 16.7. The molecule has 0 aliphatic carbocycles. The van der Waals surface area contributed by atoms with Crippen molar-refractivity contribution in [1.82, 2.24) is 9.97 Å². The van der Waals surface area contributed by atoms with E-state index in [0.717, 1.165) is 22.0 Å². The molecule has 0 aliphatic rings. The number of amides is 1. The van der Waals surface area contributed by atoms with Crippen molar-refractivity contribution in [2.45, 2.75) is 6.92 Å². The number of nitrogens with one attached hydrogen (secondary N) is 1. The van der Waals surface area contributed by atoms with Crippen LogP contribution < -0.4 is 5.32 Å². The standard InChI is InChI=1S/C22H16N4O3S/c1-14-17(8-5-10-20(14)26(28)29)21(27)24-16-7-4-6-15(12-16)19-13-30-22(25-19)18-9-2-3-11-23-18/h2-13H,1H3,(H,24,27). The fourth-order valence-corrected chi connectivity index (χ4v) is 3.84. The third-order valence-corrected chi connectivity index (χ3v) is 5.42. The van der Waals surface area contributed by atoms with Gasteiger partial charge in [0.25, 0.3) is 11.6 Å². The van der Waals surface area contributed by atoms with E-state index in [4.69, 9.17) is 0 Å². The molecule has 1 N–H and O–H groups in total. The Balaban J connectivity index is 1.58. The van der Waals surface area contributed by atoms with Crippen LogP contribution in [-0.4, -0.2) is 20.8 Å². The van der Waals surface area contributed by atoms with Crippen LogP contribution in [0.25, 0.3) is 22.0 Å². The summed E-state index contributed by atoms with van der Waals surface area (Å²) in [5.74, 6) is -0.402. The molecule has 7 nitrogen and oxygen atoms in total. The Hall–Kier alpha value is -3.91. The normalized spacial score (nSPS) is 10.6. The molecule has 0 atom stereocenters. The van der Waals surface area contributed by atoms with Gasteiger partial charge in [0.05, 0.1) is 16.3 Å². The van der Waals surface area contributed by atoms with Gasteiger partial charge in [-0.05, 0) is 37.3 Å². The molecule has 148 valence electrons. The van der Waals surface area contributed by atoms with Crippen LogP contribution in [0, 0.1) is 17.0 Å². The number of hydrogen-bond donors (Lipinski definition) is 1. The molecule has 2 aromatic heterocycles. The zero-order valence-corrected chi connectivity index (χ0v) is 16.7. The SMILES string of the molecule is Cc1c(C(=O)Nc2cccc(-c3csc(-c4ccccn4)n3)c2)cccc1[N+](=O)[O-]. The van der Waals surface area contributed by atoms with Crippen LogP contribution in [-0.2, 0) is 0 Å². The van der Waals surface area contributed by atoms with Gasteiger partial charge in [-0.1, -0.05) is 24.3 Å². The van der Waals surface area contributed by atoms with E-state index in [1.165, 1.54) is 23.5 Å². The predicted octanol–water partition coefficient (Wildman–Crippen LogP) is 5.34. The molecule has 0 aliphatic heterocycles.